The van der Waals surface area contributed by atoms with Gasteiger partial charge >= 0.3 is 5.97 Å². The molecule has 4 aromatic rings. The monoisotopic (exact) mass is 506 g/mol. The van der Waals surface area contributed by atoms with E-state index in [9.17, 15) is 4.79 Å². The molecular formula is C25H26N6O2S2. The molecule has 0 amide bonds. The molecule has 2 aromatic carbocycles. The maximum absolute atomic E-state index is 11.7. The molecule has 0 aliphatic carbocycles. The third-order valence-corrected chi connectivity index (χ3v) is 6.98. The molecule has 0 atom stereocenters. The SMILES string of the molecule is CCCN(CC)c1ccc(N=Nc2nc3sc(N=Nc4ccc(C(=O)OCC)cc4)cc3s2)cc1. The van der Waals surface area contributed by atoms with E-state index in [0.29, 0.717) is 23.0 Å². The number of rotatable bonds is 10. The van der Waals surface area contributed by atoms with Gasteiger partial charge in [0.15, 0.2) is 0 Å². The van der Waals surface area contributed by atoms with Gasteiger partial charge in [0.05, 0.1) is 28.2 Å². The lowest BCUT2D eigenvalue weighted by Crippen LogP contribution is -2.23. The Balaban J connectivity index is 1.39. The van der Waals surface area contributed by atoms with Crippen LogP contribution in [0.4, 0.5) is 27.2 Å². The van der Waals surface area contributed by atoms with Crippen LogP contribution < -0.4 is 4.90 Å². The number of benzene rings is 2. The number of fused-ring (bicyclic) bond motifs is 1. The number of nitrogens with zero attached hydrogens (tertiary/aromatic N) is 6. The third-order valence-electron chi connectivity index (χ3n) is 5.05. The van der Waals surface area contributed by atoms with Gasteiger partial charge in [0.1, 0.15) is 9.83 Å². The van der Waals surface area contributed by atoms with E-state index in [1.807, 2.05) is 18.2 Å². The standard InChI is InChI=1S/C25H26N6O2S2/c1-4-15-31(5-2)20-13-11-19(12-14-20)28-30-25-26-23-21(34-25)16-22(35-23)29-27-18-9-7-17(8-10-18)24(32)33-6-3/h7-14,16H,4-6,15H2,1-3H3. The van der Waals surface area contributed by atoms with E-state index in [0.717, 1.165) is 39.7 Å². The average molecular weight is 507 g/mol. The molecule has 0 N–H and O–H groups in total. The number of thiazole rings is 1. The van der Waals surface area contributed by atoms with Gasteiger partial charge in [0.25, 0.3) is 0 Å². The Bertz CT molecular complexity index is 1300. The minimum absolute atomic E-state index is 0.344. The second-order valence-corrected chi connectivity index (χ2v) is 9.53. The van der Waals surface area contributed by atoms with Crippen molar-refractivity contribution in [3.63, 3.8) is 0 Å². The number of azo groups is 2. The van der Waals surface area contributed by atoms with Crippen LogP contribution in [-0.2, 0) is 4.74 Å². The smallest absolute Gasteiger partial charge is 0.338 e. The van der Waals surface area contributed by atoms with Gasteiger partial charge < -0.3 is 9.64 Å². The molecule has 0 spiro atoms. The van der Waals surface area contributed by atoms with Crippen LogP contribution in [0, 0.1) is 0 Å². The van der Waals surface area contributed by atoms with Crippen LogP contribution in [0.2, 0.25) is 0 Å². The van der Waals surface area contributed by atoms with E-state index in [-0.39, 0.29) is 5.97 Å². The molecule has 4 rings (SSSR count). The minimum Gasteiger partial charge on any atom is -0.462 e. The van der Waals surface area contributed by atoms with E-state index >= 15 is 0 Å². The molecule has 8 nitrogen and oxygen atoms in total. The van der Waals surface area contributed by atoms with Gasteiger partial charge in [-0.2, -0.15) is 0 Å². The quantitative estimate of drug-likeness (QED) is 0.159. The lowest BCUT2D eigenvalue weighted by atomic mass is 10.2. The van der Waals surface area contributed by atoms with Crippen LogP contribution in [-0.4, -0.2) is 30.6 Å². The van der Waals surface area contributed by atoms with Crippen molar-refractivity contribution in [2.24, 2.45) is 20.5 Å². The summed E-state index contributed by atoms with van der Waals surface area (Å²) in [5.41, 5.74) is 3.13. The topological polar surface area (TPSA) is 91.9 Å². The van der Waals surface area contributed by atoms with Crippen molar-refractivity contribution in [2.75, 3.05) is 24.6 Å². The Morgan fingerprint density at radius 1 is 0.914 bits per heavy atom. The molecule has 0 saturated carbocycles. The van der Waals surface area contributed by atoms with Crippen LogP contribution in [0.1, 0.15) is 37.6 Å². The Hall–Kier alpha value is -3.50. The predicted octanol–water partition coefficient (Wildman–Crippen LogP) is 8.60. The molecule has 0 bridgehead atoms. The summed E-state index contributed by atoms with van der Waals surface area (Å²) in [6, 6.07) is 16.9. The maximum Gasteiger partial charge on any atom is 0.338 e. The van der Waals surface area contributed by atoms with Crippen molar-refractivity contribution in [1.82, 2.24) is 4.98 Å². The fourth-order valence-corrected chi connectivity index (χ4v) is 5.21. The predicted molar refractivity (Wildman–Crippen MR) is 143 cm³/mol. The molecule has 0 fully saturated rings. The number of ether oxygens (including phenoxy) is 1. The zero-order valence-corrected chi connectivity index (χ0v) is 21.5. The Labute approximate surface area is 212 Å². The van der Waals surface area contributed by atoms with Crippen LogP contribution in [0.5, 0.6) is 0 Å². The highest BCUT2D eigenvalue weighted by Gasteiger charge is 2.09. The van der Waals surface area contributed by atoms with E-state index in [1.165, 1.54) is 28.4 Å². The first-order chi connectivity index (χ1) is 17.1. The maximum atomic E-state index is 11.7. The summed E-state index contributed by atoms with van der Waals surface area (Å²) in [6.07, 6.45) is 1.11. The third kappa shape index (κ3) is 6.34. The first kappa shape index (κ1) is 24.6. The summed E-state index contributed by atoms with van der Waals surface area (Å²) in [6.45, 7) is 8.49. The van der Waals surface area contributed by atoms with Crippen LogP contribution in [0.15, 0.2) is 75.1 Å². The fraction of sp³-hybridized carbons (Fsp3) is 0.280. The van der Waals surface area contributed by atoms with E-state index in [1.54, 1.807) is 31.2 Å². The van der Waals surface area contributed by atoms with Gasteiger partial charge in [0, 0.05) is 18.8 Å². The molecule has 0 radical (unpaired) electrons. The number of anilines is 1. The highest BCUT2D eigenvalue weighted by molar-refractivity contribution is 7.30. The van der Waals surface area contributed by atoms with Crippen molar-refractivity contribution < 1.29 is 9.53 Å². The fourth-order valence-electron chi connectivity index (χ4n) is 3.36. The zero-order valence-electron chi connectivity index (χ0n) is 19.8. The molecule has 35 heavy (non-hydrogen) atoms. The molecule has 2 aromatic heterocycles. The van der Waals surface area contributed by atoms with E-state index in [2.05, 4.69) is 56.3 Å². The number of aromatic nitrogens is 1. The molecule has 10 heteroatoms. The average Bonchev–Trinajstić information content (AvgIpc) is 3.44. The second-order valence-electron chi connectivity index (χ2n) is 7.51. The number of carbonyl (C=O) groups excluding carboxylic acids is 1. The minimum atomic E-state index is -0.347. The van der Waals surface area contributed by atoms with Crippen molar-refractivity contribution in [1.29, 1.82) is 0 Å². The summed E-state index contributed by atoms with van der Waals surface area (Å²) in [7, 11) is 0. The van der Waals surface area contributed by atoms with Crippen molar-refractivity contribution in [3.8, 4) is 0 Å². The molecule has 0 aliphatic rings. The normalized spacial score (nSPS) is 11.6. The number of esters is 1. The van der Waals surface area contributed by atoms with Gasteiger partial charge in [-0.25, -0.2) is 9.78 Å². The molecule has 0 saturated heterocycles. The number of thiophene rings is 1. The Morgan fingerprint density at radius 2 is 1.60 bits per heavy atom. The Morgan fingerprint density at radius 3 is 2.23 bits per heavy atom. The number of hydrogen-bond donors (Lipinski definition) is 0. The summed E-state index contributed by atoms with van der Waals surface area (Å²) >= 11 is 2.91. The van der Waals surface area contributed by atoms with Crippen molar-refractivity contribution in [2.45, 2.75) is 27.2 Å². The van der Waals surface area contributed by atoms with Gasteiger partial charge in [-0.3, -0.25) is 0 Å². The number of hydrogen-bond acceptors (Lipinski definition) is 10. The first-order valence-corrected chi connectivity index (χ1v) is 13.1. The largest absolute Gasteiger partial charge is 0.462 e. The van der Waals surface area contributed by atoms with Crippen LogP contribution >= 0.6 is 22.7 Å². The lowest BCUT2D eigenvalue weighted by Gasteiger charge is -2.22. The molecule has 2 heterocycles. The molecule has 0 unspecified atom stereocenters. The summed E-state index contributed by atoms with van der Waals surface area (Å²) in [5.74, 6) is -0.347. The first-order valence-electron chi connectivity index (χ1n) is 11.5. The second kappa shape index (κ2) is 11.8. The van der Waals surface area contributed by atoms with E-state index in [4.69, 9.17) is 4.74 Å². The summed E-state index contributed by atoms with van der Waals surface area (Å²) in [4.78, 5) is 19.5. The lowest BCUT2D eigenvalue weighted by molar-refractivity contribution is 0.0526. The Kier molecular flexibility index (Phi) is 8.27. The molecule has 180 valence electrons. The van der Waals surface area contributed by atoms with Crippen molar-refractivity contribution >= 4 is 65.4 Å². The highest BCUT2D eigenvalue weighted by atomic mass is 32.1. The van der Waals surface area contributed by atoms with E-state index < -0.39 is 0 Å². The number of carbonyl (C=O) groups is 1. The van der Waals surface area contributed by atoms with Gasteiger partial charge in [0.2, 0.25) is 5.13 Å². The molecular weight excluding hydrogens is 480 g/mol. The van der Waals surface area contributed by atoms with Gasteiger partial charge in [-0.1, -0.05) is 29.6 Å². The zero-order chi connectivity index (χ0) is 24.6. The van der Waals surface area contributed by atoms with Gasteiger partial charge in [-0.15, -0.1) is 20.5 Å². The summed E-state index contributed by atoms with van der Waals surface area (Å²) < 4.78 is 5.98. The highest BCUT2D eigenvalue weighted by Crippen LogP contribution is 2.39. The van der Waals surface area contributed by atoms with Crippen LogP contribution in [0.3, 0.4) is 0 Å². The summed E-state index contributed by atoms with van der Waals surface area (Å²) in [5, 5.41) is 18.5. The van der Waals surface area contributed by atoms with Crippen LogP contribution in [0.25, 0.3) is 9.53 Å². The van der Waals surface area contributed by atoms with Gasteiger partial charge in [-0.05, 0) is 74.9 Å². The van der Waals surface area contributed by atoms with Crippen molar-refractivity contribution in [3.05, 3.63) is 60.2 Å². The molecule has 0 aliphatic heterocycles.